The molecule has 3 nitrogen and oxygen atoms in total. The molecule has 0 amide bonds. The molecular formula is C15H29NO2. The van der Waals surface area contributed by atoms with E-state index in [0.717, 1.165) is 12.7 Å². The fourth-order valence-electron chi connectivity index (χ4n) is 1.78. The lowest BCUT2D eigenvalue weighted by atomic mass is 10.1. The van der Waals surface area contributed by atoms with Gasteiger partial charge in [0.15, 0.2) is 12.0 Å². The van der Waals surface area contributed by atoms with Gasteiger partial charge >= 0.3 is 0 Å². The van der Waals surface area contributed by atoms with Crippen molar-refractivity contribution in [1.82, 2.24) is 4.90 Å². The topological polar surface area (TPSA) is 29.5 Å². The number of nitrogens with zero attached hydrogens (tertiary/aromatic N) is 1. The molecule has 0 fully saturated rings. The van der Waals surface area contributed by atoms with E-state index < -0.39 is 0 Å². The van der Waals surface area contributed by atoms with E-state index in [1.165, 1.54) is 44.9 Å². The van der Waals surface area contributed by atoms with Gasteiger partial charge in [-0.1, -0.05) is 51.9 Å². The second kappa shape index (κ2) is 12.5. The van der Waals surface area contributed by atoms with Crippen LogP contribution < -0.4 is 0 Å². The molecule has 0 bridgehead atoms. The van der Waals surface area contributed by atoms with Crippen molar-refractivity contribution in [3.8, 4) is 0 Å². The Kier molecular flexibility index (Phi) is 11.8. The average molecular weight is 255 g/mol. The molecule has 18 heavy (non-hydrogen) atoms. The predicted octanol–water partition coefficient (Wildman–Crippen LogP) is 3.75. The molecule has 0 unspecified atom stereocenters. The van der Waals surface area contributed by atoms with Crippen molar-refractivity contribution in [2.75, 3.05) is 20.7 Å². The molecule has 0 heterocycles. The Morgan fingerprint density at radius 2 is 1.56 bits per heavy atom. The van der Waals surface area contributed by atoms with Gasteiger partial charge in [-0.3, -0.25) is 4.79 Å². The van der Waals surface area contributed by atoms with Crippen LogP contribution in [0.2, 0.25) is 0 Å². The zero-order chi connectivity index (χ0) is 13.6. The molecule has 0 aromatic heterocycles. The molecule has 0 spiro atoms. The van der Waals surface area contributed by atoms with Crippen molar-refractivity contribution < 1.29 is 9.53 Å². The van der Waals surface area contributed by atoms with Gasteiger partial charge in [0.2, 0.25) is 0 Å². The highest BCUT2D eigenvalue weighted by Gasteiger charge is 1.97. The molecule has 0 aliphatic heterocycles. The van der Waals surface area contributed by atoms with Crippen LogP contribution in [0.1, 0.15) is 58.3 Å². The summed E-state index contributed by atoms with van der Waals surface area (Å²) in [6, 6.07) is 0. The standard InChI is InChI=1S/C15H29NO2/c1-4-5-6-7-8-9-10-11-12-18-15(14-17)13-16(2)3/h13-14H,4-12H2,1-3H3. The summed E-state index contributed by atoms with van der Waals surface area (Å²) in [5.41, 5.74) is 0. The first-order chi connectivity index (χ1) is 8.70. The summed E-state index contributed by atoms with van der Waals surface area (Å²) in [6.07, 6.45) is 12.7. The third-order valence-corrected chi connectivity index (χ3v) is 2.77. The van der Waals surface area contributed by atoms with Crippen molar-refractivity contribution in [3.63, 3.8) is 0 Å². The molecule has 0 saturated carbocycles. The van der Waals surface area contributed by atoms with E-state index in [1.807, 2.05) is 19.0 Å². The number of hydrogen-bond donors (Lipinski definition) is 0. The molecule has 0 aromatic rings. The number of carbonyl (C=O) groups is 1. The maximum atomic E-state index is 10.7. The molecule has 0 aromatic carbocycles. The highest BCUT2D eigenvalue weighted by atomic mass is 16.5. The molecule has 0 aliphatic carbocycles. The minimum atomic E-state index is 0.419. The Balaban J connectivity index is 3.36. The smallest absolute Gasteiger partial charge is 0.186 e. The highest BCUT2D eigenvalue weighted by Crippen LogP contribution is 2.08. The van der Waals surface area contributed by atoms with Crippen LogP contribution in [0.3, 0.4) is 0 Å². The average Bonchev–Trinajstić information content (AvgIpc) is 2.35. The summed E-state index contributed by atoms with van der Waals surface area (Å²) >= 11 is 0. The Labute approximate surface area is 112 Å². The summed E-state index contributed by atoms with van der Waals surface area (Å²) in [5.74, 6) is 0.419. The van der Waals surface area contributed by atoms with Gasteiger partial charge in [0.05, 0.1) is 6.61 Å². The second-order valence-corrected chi connectivity index (χ2v) is 4.94. The van der Waals surface area contributed by atoms with Crippen molar-refractivity contribution in [3.05, 3.63) is 12.0 Å². The molecule has 0 saturated heterocycles. The number of ether oxygens (including phenoxy) is 1. The van der Waals surface area contributed by atoms with Crippen molar-refractivity contribution >= 4 is 6.29 Å². The molecule has 106 valence electrons. The molecule has 0 rings (SSSR count). The lowest BCUT2D eigenvalue weighted by Crippen LogP contribution is -2.06. The molecule has 0 radical (unpaired) electrons. The zero-order valence-electron chi connectivity index (χ0n) is 12.3. The summed E-state index contributed by atoms with van der Waals surface area (Å²) in [4.78, 5) is 12.5. The molecule has 0 N–H and O–H groups in total. The van der Waals surface area contributed by atoms with E-state index in [1.54, 1.807) is 6.20 Å². The largest absolute Gasteiger partial charge is 0.489 e. The fraction of sp³-hybridized carbons (Fsp3) is 0.800. The number of aldehydes is 1. The van der Waals surface area contributed by atoms with E-state index in [0.29, 0.717) is 12.4 Å². The Morgan fingerprint density at radius 3 is 2.06 bits per heavy atom. The quantitative estimate of drug-likeness (QED) is 0.230. The van der Waals surface area contributed by atoms with Gasteiger partial charge in [-0.25, -0.2) is 0 Å². The Bertz CT molecular complexity index is 225. The maximum Gasteiger partial charge on any atom is 0.186 e. The third kappa shape index (κ3) is 11.5. The van der Waals surface area contributed by atoms with Crippen LogP contribution >= 0.6 is 0 Å². The van der Waals surface area contributed by atoms with Crippen LogP contribution in [0.4, 0.5) is 0 Å². The van der Waals surface area contributed by atoms with Crippen LogP contribution in [-0.2, 0) is 9.53 Å². The molecule has 0 atom stereocenters. The minimum absolute atomic E-state index is 0.419. The van der Waals surface area contributed by atoms with E-state index >= 15 is 0 Å². The lowest BCUT2D eigenvalue weighted by Gasteiger charge is -2.09. The number of hydrogen-bond acceptors (Lipinski definition) is 3. The van der Waals surface area contributed by atoms with Gasteiger partial charge < -0.3 is 9.64 Å². The van der Waals surface area contributed by atoms with Crippen molar-refractivity contribution in [2.24, 2.45) is 0 Å². The van der Waals surface area contributed by atoms with E-state index in [-0.39, 0.29) is 0 Å². The highest BCUT2D eigenvalue weighted by molar-refractivity contribution is 5.69. The van der Waals surface area contributed by atoms with Crippen molar-refractivity contribution in [1.29, 1.82) is 0 Å². The summed E-state index contributed by atoms with van der Waals surface area (Å²) in [7, 11) is 3.76. The van der Waals surface area contributed by atoms with E-state index in [2.05, 4.69) is 6.92 Å². The van der Waals surface area contributed by atoms with Crippen LogP contribution in [0, 0.1) is 0 Å². The van der Waals surface area contributed by atoms with E-state index in [4.69, 9.17) is 4.74 Å². The summed E-state index contributed by atoms with van der Waals surface area (Å²) in [5, 5.41) is 0. The second-order valence-electron chi connectivity index (χ2n) is 4.94. The van der Waals surface area contributed by atoms with Crippen LogP contribution in [0.15, 0.2) is 12.0 Å². The number of carbonyl (C=O) groups excluding carboxylic acids is 1. The van der Waals surface area contributed by atoms with Crippen molar-refractivity contribution in [2.45, 2.75) is 58.3 Å². The first kappa shape index (κ1) is 17.0. The maximum absolute atomic E-state index is 10.7. The normalized spacial score (nSPS) is 11.4. The number of allylic oxidation sites excluding steroid dienone is 1. The monoisotopic (exact) mass is 255 g/mol. The summed E-state index contributed by atoms with van der Waals surface area (Å²) in [6.45, 7) is 2.89. The lowest BCUT2D eigenvalue weighted by molar-refractivity contribution is -0.108. The van der Waals surface area contributed by atoms with E-state index in [9.17, 15) is 4.79 Å². The fourth-order valence-corrected chi connectivity index (χ4v) is 1.78. The molecule has 0 aliphatic rings. The van der Waals surface area contributed by atoms with Crippen LogP contribution in [-0.4, -0.2) is 31.9 Å². The SMILES string of the molecule is CCCCCCCCCCOC(C=O)=CN(C)C. The van der Waals surface area contributed by atoms with Crippen LogP contribution in [0.25, 0.3) is 0 Å². The molecular weight excluding hydrogens is 226 g/mol. The van der Waals surface area contributed by atoms with Gasteiger partial charge in [0, 0.05) is 20.3 Å². The zero-order valence-corrected chi connectivity index (χ0v) is 12.3. The minimum Gasteiger partial charge on any atom is -0.489 e. The summed E-state index contributed by atoms with van der Waals surface area (Å²) < 4.78 is 5.40. The van der Waals surface area contributed by atoms with Gasteiger partial charge in [0.1, 0.15) is 0 Å². The van der Waals surface area contributed by atoms with Crippen LogP contribution in [0.5, 0.6) is 0 Å². The first-order valence-electron chi connectivity index (χ1n) is 7.17. The van der Waals surface area contributed by atoms with Gasteiger partial charge in [-0.2, -0.15) is 0 Å². The number of rotatable bonds is 12. The third-order valence-electron chi connectivity index (χ3n) is 2.77. The molecule has 3 heteroatoms. The van der Waals surface area contributed by atoms with Gasteiger partial charge in [0.25, 0.3) is 0 Å². The Morgan fingerprint density at radius 1 is 1.00 bits per heavy atom. The predicted molar refractivity (Wildman–Crippen MR) is 76.4 cm³/mol. The van der Waals surface area contributed by atoms with Gasteiger partial charge in [-0.15, -0.1) is 0 Å². The van der Waals surface area contributed by atoms with Gasteiger partial charge in [-0.05, 0) is 6.42 Å². The Hall–Kier alpha value is -0.990. The first-order valence-corrected chi connectivity index (χ1v) is 7.17. The number of unbranched alkanes of at least 4 members (excludes halogenated alkanes) is 7.